The predicted octanol–water partition coefficient (Wildman–Crippen LogP) is 4.90. The van der Waals surface area contributed by atoms with Gasteiger partial charge < -0.3 is 24.2 Å². The molecule has 9 nitrogen and oxygen atoms in total. The van der Waals surface area contributed by atoms with Crippen LogP contribution in [0.4, 0.5) is 14.6 Å². The van der Waals surface area contributed by atoms with Gasteiger partial charge in [-0.05, 0) is 38.1 Å². The van der Waals surface area contributed by atoms with Crippen molar-refractivity contribution in [1.29, 1.82) is 0 Å². The van der Waals surface area contributed by atoms with Gasteiger partial charge in [-0.1, -0.05) is 24.2 Å². The van der Waals surface area contributed by atoms with Gasteiger partial charge in [0.05, 0.1) is 23.5 Å². The first kappa shape index (κ1) is 28.3. The van der Waals surface area contributed by atoms with E-state index < -0.39 is 17.4 Å². The van der Waals surface area contributed by atoms with Gasteiger partial charge in [-0.25, -0.2) is 13.8 Å². The molecule has 0 aliphatic carbocycles. The molecular formula is C29H29ClF2N6O3. The highest BCUT2D eigenvalue weighted by atomic mass is 35.5. The normalized spacial score (nSPS) is 17.2. The van der Waals surface area contributed by atoms with Crippen LogP contribution in [-0.4, -0.2) is 67.2 Å². The summed E-state index contributed by atoms with van der Waals surface area (Å²) in [5.41, 5.74) is 0.0983. The number of piperazine rings is 1. The number of amides is 1. The lowest BCUT2D eigenvalue weighted by atomic mass is 10.0. The van der Waals surface area contributed by atoms with Gasteiger partial charge in [0.15, 0.2) is 5.82 Å². The largest absolute Gasteiger partial charge is 0.507 e. The number of rotatable bonds is 7. The Morgan fingerprint density at radius 1 is 1.22 bits per heavy atom. The summed E-state index contributed by atoms with van der Waals surface area (Å²) in [5, 5.41) is 10.6. The van der Waals surface area contributed by atoms with E-state index in [0.717, 1.165) is 11.8 Å². The topological polar surface area (TPSA) is 96.6 Å². The van der Waals surface area contributed by atoms with Gasteiger partial charge in [0.25, 0.3) is 0 Å². The number of hydrogen-bond donors (Lipinski definition) is 1. The zero-order valence-corrected chi connectivity index (χ0v) is 23.6. The van der Waals surface area contributed by atoms with E-state index in [1.807, 2.05) is 30.4 Å². The Morgan fingerprint density at radius 2 is 2.00 bits per heavy atom. The first-order valence-electron chi connectivity index (χ1n) is 13.1. The molecule has 0 radical (unpaired) electrons. The van der Waals surface area contributed by atoms with Crippen molar-refractivity contribution in [2.45, 2.75) is 32.4 Å². The Balaban J connectivity index is 1.63. The van der Waals surface area contributed by atoms with E-state index in [1.165, 1.54) is 24.3 Å². The van der Waals surface area contributed by atoms with Crippen LogP contribution in [0.5, 0.6) is 11.8 Å². The molecule has 2 aromatic carbocycles. The van der Waals surface area contributed by atoms with Crippen molar-refractivity contribution < 1.29 is 23.4 Å². The standard InChI is InChI=1S/C29H29ClF2N6O3/c1-5-23(40)37-13-17(3)38(14-16(37)2)28-19-11-20(30)24(25-21(31)7-6-8-22(25)39)26(32)27(19)34-29(35-28)41-10-9-18-12-33-15-36(18)4/h5-8,11-12,15-17,39H,1,9-10,13-14H2,2-4H3/t16-,17+/m1/s1. The van der Waals surface area contributed by atoms with Crippen molar-refractivity contribution in [3.8, 4) is 22.9 Å². The van der Waals surface area contributed by atoms with Crippen LogP contribution in [0.15, 0.2) is 49.4 Å². The molecule has 4 aromatic rings. The van der Waals surface area contributed by atoms with Crippen LogP contribution in [0, 0.1) is 11.6 Å². The van der Waals surface area contributed by atoms with Crippen LogP contribution in [0.25, 0.3) is 22.0 Å². The molecule has 0 unspecified atom stereocenters. The number of ether oxygens (including phenoxy) is 1. The lowest BCUT2D eigenvalue weighted by molar-refractivity contribution is -0.128. The number of carbonyl (C=O) groups excluding carboxylic acids is 1. The second-order valence-electron chi connectivity index (χ2n) is 10.0. The molecule has 5 rings (SSSR count). The van der Waals surface area contributed by atoms with E-state index in [0.29, 0.717) is 25.3 Å². The molecule has 2 atom stereocenters. The molecule has 2 aromatic heterocycles. The summed E-state index contributed by atoms with van der Waals surface area (Å²) in [6, 6.07) is 4.65. The fraction of sp³-hybridized carbons (Fsp3) is 0.310. The first-order chi connectivity index (χ1) is 19.6. The van der Waals surface area contributed by atoms with Crippen molar-refractivity contribution in [3.63, 3.8) is 0 Å². The van der Waals surface area contributed by atoms with Crippen molar-refractivity contribution >= 4 is 34.2 Å². The minimum absolute atomic E-state index is 0.0796. The Hall–Kier alpha value is -4.25. The van der Waals surface area contributed by atoms with E-state index in [9.17, 15) is 14.3 Å². The van der Waals surface area contributed by atoms with Crippen molar-refractivity contribution in [2.75, 3.05) is 24.6 Å². The molecule has 1 fully saturated rings. The number of phenols is 1. The number of carbonyl (C=O) groups is 1. The van der Waals surface area contributed by atoms with Gasteiger partial charge in [-0.15, -0.1) is 0 Å². The number of imidazole rings is 1. The molecule has 1 aliphatic rings. The van der Waals surface area contributed by atoms with Crippen LogP contribution in [0.3, 0.4) is 0 Å². The Bertz CT molecular complexity index is 1620. The summed E-state index contributed by atoms with van der Waals surface area (Å²) < 4.78 is 38.9. The highest BCUT2D eigenvalue weighted by molar-refractivity contribution is 6.34. The Kier molecular flexibility index (Phi) is 7.81. The molecule has 0 spiro atoms. The van der Waals surface area contributed by atoms with Crippen LogP contribution < -0.4 is 9.64 Å². The molecular weight excluding hydrogens is 554 g/mol. The fourth-order valence-electron chi connectivity index (χ4n) is 5.15. The van der Waals surface area contributed by atoms with Crippen molar-refractivity contribution in [2.24, 2.45) is 7.05 Å². The average molecular weight is 583 g/mol. The smallest absolute Gasteiger partial charge is 0.319 e. The first-order valence-corrected chi connectivity index (χ1v) is 13.4. The minimum Gasteiger partial charge on any atom is -0.507 e. The molecule has 12 heteroatoms. The van der Waals surface area contributed by atoms with Crippen LogP contribution >= 0.6 is 11.6 Å². The zero-order chi connectivity index (χ0) is 29.4. The lowest BCUT2D eigenvalue weighted by Gasteiger charge is -2.44. The molecule has 214 valence electrons. The molecule has 0 bridgehead atoms. The highest BCUT2D eigenvalue weighted by Gasteiger charge is 2.34. The number of aromatic nitrogens is 4. The molecule has 3 heterocycles. The molecule has 1 saturated heterocycles. The number of benzene rings is 2. The third-order valence-corrected chi connectivity index (χ3v) is 7.60. The number of hydrogen-bond acceptors (Lipinski definition) is 7. The third-order valence-electron chi connectivity index (χ3n) is 7.31. The third kappa shape index (κ3) is 5.29. The molecule has 1 amide bonds. The van der Waals surface area contributed by atoms with E-state index in [1.54, 1.807) is 17.4 Å². The SMILES string of the molecule is C=CC(=O)N1C[C@H](C)N(c2nc(OCCc3cncn3C)nc3c(F)c(-c4c(O)cccc4F)c(Cl)cc23)C[C@H]1C. The fourth-order valence-corrected chi connectivity index (χ4v) is 5.44. The van der Waals surface area contributed by atoms with E-state index >= 15 is 4.39 Å². The number of anilines is 1. The number of nitrogens with zero attached hydrogens (tertiary/aromatic N) is 6. The number of fused-ring (bicyclic) bond motifs is 1. The monoisotopic (exact) mass is 582 g/mol. The average Bonchev–Trinajstić information content (AvgIpc) is 3.35. The van der Waals surface area contributed by atoms with E-state index in [2.05, 4.69) is 21.5 Å². The van der Waals surface area contributed by atoms with Gasteiger partial charge in [0.1, 0.15) is 22.9 Å². The second-order valence-corrected chi connectivity index (χ2v) is 10.5. The van der Waals surface area contributed by atoms with Gasteiger partial charge in [0, 0.05) is 61.5 Å². The van der Waals surface area contributed by atoms with Crippen LogP contribution in [0.1, 0.15) is 19.5 Å². The summed E-state index contributed by atoms with van der Waals surface area (Å²) in [6.45, 7) is 8.38. The van der Waals surface area contributed by atoms with Crippen LogP contribution in [0.2, 0.25) is 5.02 Å². The summed E-state index contributed by atoms with van der Waals surface area (Å²) in [5.74, 6) is -2.04. The Morgan fingerprint density at radius 3 is 2.68 bits per heavy atom. The highest BCUT2D eigenvalue weighted by Crippen LogP contribution is 2.43. The maximum atomic E-state index is 16.3. The zero-order valence-electron chi connectivity index (χ0n) is 22.8. The van der Waals surface area contributed by atoms with Crippen LogP contribution in [-0.2, 0) is 18.3 Å². The number of phenolic OH excluding ortho intramolecular Hbond substituents is 1. The van der Waals surface area contributed by atoms with Gasteiger partial charge in [0.2, 0.25) is 5.91 Å². The quantitative estimate of drug-likeness (QED) is 0.310. The Labute approximate surface area is 240 Å². The van der Waals surface area contributed by atoms with Crippen molar-refractivity contribution in [1.82, 2.24) is 24.4 Å². The maximum absolute atomic E-state index is 16.3. The summed E-state index contributed by atoms with van der Waals surface area (Å²) in [7, 11) is 1.87. The summed E-state index contributed by atoms with van der Waals surface area (Å²) >= 11 is 6.55. The van der Waals surface area contributed by atoms with Gasteiger partial charge in [-0.3, -0.25) is 4.79 Å². The van der Waals surface area contributed by atoms with Gasteiger partial charge in [-0.2, -0.15) is 9.97 Å². The van der Waals surface area contributed by atoms with E-state index in [4.69, 9.17) is 16.3 Å². The van der Waals surface area contributed by atoms with Gasteiger partial charge >= 0.3 is 6.01 Å². The van der Waals surface area contributed by atoms with E-state index in [-0.39, 0.29) is 57.7 Å². The molecule has 0 saturated carbocycles. The maximum Gasteiger partial charge on any atom is 0.319 e. The number of aryl methyl sites for hydroxylation is 1. The predicted molar refractivity (Wildman–Crippen MR) is 152 cm³/mol. The molecule has 1 aliphatic heterocycles. The summed E-state index contributed by atoms with van der Waals surface area (Å²) in [4.78, 5) is 29.2. The number of halogens is 3. The molecule has 41 heavy (non-hydrogen) atoms. The van der Waals surface area contributed by atoms with Crippen molar-refractivity contribution in [3.05, 3.63) is 71.8 Å². The summed E-state index contributed by atoms with van der Waals surface area (Å²) in [6.07, 6.45) is 5.18. The minimum atomic E-state index is -0.922. The molecule has 1 N–H and O–H groups in total. The second kappa shape index (κ2) is 11.3. The lowest BCUT2D eigenvalue weighted by Crippen LogP contribution is -2.58. The number of aromatic hydroxyl groups is 1.